The summed E-state index contributed by atoms with van der Waals surface area (Å²) in [4.78, 5) is 14.7. The standard InChI is InChI=1S/C17H18ClNO/c1-12-13(4-2-6-16(12)18)7-8-17(20)14-10-15-5-3-9-19(15)11-14/h2,4,6,14-15H,3,5,9-11H2,1H3. The van der Waals surface area contributed by atoms with Gasteiger partial charge >= 0.3 is 0 Å². The van der Waals surface area contributed by atoms with Crippen molar-refractivity contribution >= 4 is 17.4 Å². The molecule has 2 saturated heterocycles. The summed E-state index contributed by atoms with van der Waals surface area (Å²) in [5, 5.41) is 0.700. The third-order valence-electron chi connectivity index (χ3n) is 4.47. The molecule has 0 amide bonds. The first-order valence-corrected chi connectivity index (χ1v) is 7.58. The highest BCUT2D eigenvalue weighted by Crippen LogP contribution is 2.31. The van der Waals surface area contributed by atoms with Crippen LogP contribution in [0.25, 0.3) is 0 Å². The van der Waals surface area contributed by atoms with Crippen molar-refractivity contribution in [1.82, 2.24) is 4.90 Å². The van der Waals surface area contributed by atoms with E-state index < -0.39 is 0 Å². The molecule has 2 atom stereocenters. The van der Waals surface area contributed by atoms with Crippen LogP contribution in [-0.2, 0) is 4.79 Å². The quantitative estimate of drug-likeness (QED) is 0.740. The average molecular weight is 288 g/mol. The Bertz CT molecular complexity index is 587. The zero-order chi connectivity index (χ0) is 14.1. The maximum atomic E-state index is 12.2. The van der Waals surface area contributed by atoms with E-state index >= 15 is 0 Å². The Labute approximate surface area is 125 Å². The van der Waals surface area contributed by atoms with E-state index in [0.717, 1.165) is 30.6 Å². The van der Waals surface area contributed by atoms with E-state index in [4.69, 9.17) is 11.6 Å². The van der Waals surface area contributed by atoms with Gasteiger partial charge < -0.3 is 0 Å². The molecular weight excluding hydrogens is 270 g/mol. The van der Waals surface area contributed by atoms with Crippen molar-refractivity contribution in [2.45, 2.75) is 32.2 Å². The minimum Gasteiger partial charge on any atom is -0.300 e. The smallest absolute Gasteiger partial charge is 0.210 e. The van der Waals surface area contributed by atoms with Gasteiger partial charge in [-0.1, -0.05) is 23.6 Å². The van der Waals surface area contributed by atoms with E-state index in [-0.39, 0.29) is 11.7 Å². The highest BCUT2D eigenvalue weighted by Gasteiger charge is 2.37. The van der Waals surface area contributed by atoms with Gasteiger partial charge in [-0.2, -0.15) is 0 Å². The number of carbonyl (C=O) groups excluding carboxylic acids is 1. The molecule has 2 nitrogen and oxygen atoms in total. The maximum absolute atomic E-state index is 12.2. The SMILES string of the molecule is Cc1c(Cl)cccc1C#CC(=O)C1CC2CCCN2C1. The maximum Gasteiger partial charge on any atom is 0.210 e. The van der Waals surface area contributed by atoms with Crippen molar-refractivity contribution in [3.63, 3.8) is 0 Å². The fourth-order valence-electron chi connectivity index (χ4n) is 3.25. The van der Waals surface area contributed by atoms with Gasteiger partial charge in [0.1, 0.15) is 0 Å². The predicted octanol–water partition coefficient (Wildman–Crippen LogP) is 3.05. The van der Waals surface area contributed by atoms with Gasteiger partial charge in [0.15, 0.2) is 0 Å². The Balaban J connectivity index is 1.71. The zero-order valence-corrected chi connectivity index (χ0v) is 12.4. The molecule has 0 saturated carbocycles. The first-order chi connectivity index (χ1) is 9.65. The minimum atomic E-state index is 0.0822. The van der Waals surface area contributed by atoms with Gasteiger partial charge in [0.25, 0.3) is 0 Å². The molecule has 104 valence electrons. The minimum absolute atomic E-state index is 0.0822. The molecule has 0 aromatic heterocycles. The van der Waals surface area contributed by atoms with Crippen molar-refractivity contribution in [1.29, 1.82) is 0 Å². The fourth-order valence-corrected chi connectivity index (χ4v) is 3.43. The Morgan fingerprint density at radius 3 is 3.10 bits per heavy atom. The zero-order valence-electron chi connectivity index (χ0n) is 11.7. The number of hydrogen-bond donors (Lipinski definition) is 0. The van der Waals surface area contributed by atoms with Crippen LogP contribution in [0.1, 0.15) is 30.4 Å². The van der Waals surface area contributed by atoms with Gasteiger partial charge in [-0.3, -0.25) is 9.69 Å². The Hall–Kier alpha value is -1.30. The summed E-state index contributed by atoms with van der Waals surface area (Å²) in [6.07, 6.45) is 3.51. The van der Waals surface area contributed by atoms with E-state index in [1.165, 1.54) is 12.8 Å². The van der Waals surface area contributed by atoms with Gasteiger partial charge in [-0.05, 0) is 56.3 Å². The lowest BCUT2D eigenvalue weighted by molar-refractivity contribution is -0.117. The molecule has 0 bridgehead atoms. The van der Waals surface area contributed by atoms with Crippen LogP contribution in [0.3, 0.4) is 0 Å². The number of nitrogens with zero attached hydrogens (tertiary/aromatic N) is 1. The number of benzene rings is 1. The van der Waals surface area contributed by atoms with Crippen LogP contribution in [-0.4, -0.2) is 29.8 Å². The second-order valence-corrected chi connectivity index (χ2v) is 6.16. The molecule has 0 spiro atoms. The van der Waals surface area contributed by atoms with E-state index in [1.807, 2.05) is 25.1 Å². The normalized spacial score (nSPS) is 25.1. The number of carbonyl (C=O) groups is 1. The van der Waals surface area contributed by atoms with Gasteiger partial charge in [0.05, 0.1) is 0 Å². The van der Waals surface area contributed by atoms with Crippen LogP contribution < -0.4 is 0 Å². The summed E-state index contributed by atoms with van der Waals surface area (Å²) < 4.78 is 0. The molecule has 2 aliphatic rings. The summed E-state index contributed by atoms with van der Waals surface area (Å²) in [7, 11) is 0. The molecule has 20 heavy (non-hydrogen) atoms. The Morgan fingerprint density at radius 1 is 1.45 bits per heavy atom. The van der Waals surface area contributed by atoms with E-state index in [0.29, 0.717) is 11.1 Å². The molecule has 3 heteroatoms. The molecule has 2 fully saturated rings. The highest BCUT2D eigenvalue weighted by molar-refractivity contribution is 6.31. The number of rotatable bonds is 1. The molecule has 1 aromatic rings. The summed E-state index contributed by atoms with van der Waals surface area (Å²) in [5.41, 5.74) is 1.80. The molecule has 0 radical (unpaired) electrons. The lowest BCUT2D eigenvalue weighted by atomic mass is 9.98. The lowest BCUT2D eigenvalue weighted by Gasteiger charge is -2.12. The van der Waals surface area contributed by atoms with Crippen molar-refractivity contribution < 1.29 is 4.79 Å². The second-order valence-electron chi connectivity index (χ2n) is 5.75. The Morgan fingerprint density at radius 2 is 2.30 bits per heavy atom. The predicted molar refractivity (Wildman–Crippen MR) is 80.8 cm³/mol. The third-order valence-corrected chi connectivity index (χ3v) is 4.88. The summed E-state index contributed by atoms with van der Waals surface area (Å²) >= 11 is 6.06. The average Bonchev–Trinajstić information content (AvgIpc) is 3.01. The number of halogens is 1. The second kappa shape index (κ2) is 5.60. The summed E-state index contributed by atoms with van der Waals surface area (Å²) in [6.45, 7) is 3.98. The van der Waals surface area contributed by atoms with E-state index in [9.17, 15) is 4.79 Å². The topological polar surface area (TPSA) is 20.3 Å². The number of hydrogen-bond acceptors (Lipinski definition) is 2. The van der Waals surface area contributed by atoms with Crippen LogP contribution in [0.15, 0.2) is 18.2 Å². The monoisotopic (exact) mass is 287 g/mol. The van der Waals surface area contributed by atoms with Gasteiger partial charge in [-0.25, -0.2) is 0 Å². The van der Waals surface area contributed by atoms with Crippen LogP contribution in [0, 0.1) is 24.7 Å². The van der Waals surface area contributed by atoms with Crippen LogP contribution in [0.4, 0.5) is 0 Å². The molecule has 0 N–H and O–H groups in total. The first-order valence-electron chi connectivity index (χ1n) is 7.20. The van der Waals surface area contributed by atoms with Crippen LogP contribution in [0.2, 0.25) is 5.02 Å². The van der Waals surface area contributed by atoms with Crippen molar-refractivity contribution in [2.24, 2.45) is 5.92 Å². The molecule has 3 rings (SSSR count). The molecular formula is C17H18ClNO. The Kier molecular flexibility index (Phi) is 3.83. The van der Waals surface area contributed by atoms with Gasteiger partial charge in [-0.15, -0.1) is 0 Å². The summed E-state index contributed by atoms with van der Waals surface area (Å²) in [5.74, 6) is 6.00. The third kappa shape index (κ3) is 2.61. The van der Waals surface area contributed by atoms with Crippen LogP contribution in [0.5, 0.6) is 0 Å². The van der Waals surface area contributed by atoms with Crippen molar-refractivity contribution in [2.75, 3.05) is 13.1 Å². The number of Topliss-reactive ketones (excluding diaryl/α,β-unsaturated/α-hetero) is 1. The molecule has 2 unspecified atom stereocenters. The number of fused-ring (bicyclic) bond motifs is 1. The van der Waals surface area contributed by atoms with E-state index in [1.54, 1.807) is 0 Å². The lowest BCUT2D eigenvalue weighted by Crippen LogP contribution is -2.23. The molecule has 2 aliphatic heterocycles. The number of ketones is 1. The molecule has 2 heterocycles. The van der Waals surface area contributed by atoms with Crippen molar-refractivity contribution in [3.05, 3.63) is 34.3 Å². The van der Waals surface area contributed by atoms with Crippen molar-refractivity contribution in [3.8, 4) is 11.8 Å². The highest BCUT2D eigenvalue weighted by atomic mass is 35.5. The summed E-state index contributed by atoms with van der Waals surface area (Å²) in [6, 6.07) is 6.25. The molecule has 0 aliphatic carbocycles. The molecule has 1 aromatic carbocycles. The van der Waals surface area contributed by atoms with E-state index in [2.05, 4.69) is 16.7 Å². The van der Waals surface area contributed by atoms with Crippen LogP contribution >= 0.6 is 11.6 Å². The largest absolute Gasteiger partial charge is 0.300 e. The van der Waals surface area contributed by atoms with Gasteiger partial charge in [0.2, 0.25) is 5.78 Å². The first kappa shape index (κ1) is 13.7. The van der Waals surface area contributed by atoms with Gasteiger partial charge in [0, 0.05) is 29.1 Å². The fraction of sp³-hybridized carbons (Fsp3) is 0.471.